The third-order valence-electron chi connectivity index (χ3n) is 3.43. The number of nitrogens with one attached hydrogen (secondary N) is 3. The van der Waals surface area contributed by atoms with Crippen LogP contribution < -0.4 is 16.0 Å². The summed E-state index contributed by atoms with van der Waals surface area (Å²) in [6.07, 6.45) is 1.35. The van der Waals surface area contributed by atoms with Crippen molar-refractivity contribution in [1.82, 2.24) is 5.32 Å². The van der Waals surface area contributed by atoms with Crippen molar-refractivity contribution in [3.63, 3.8) is 0 Å². The summed E-state index contributed by atoms with van der Waals surface area (Å²) in [5.74, 6) is -0.191. The predicted molar refractivity (Wildman–Crippen MR) is 97.0 cm³/mol. The molecule has 0 saturated heterocycles. The average molecular weight is 325 g/mol. The second-order valence-electron chi connectivity index (χ2n) is 5.55. The first kappa shape index (κ1) is 17.7. The highest BCUT2D eigenvalue weighted by molar-refractivity contribution is 5.93. The number of amides is 2. The Morgan fingerprint density at radius 2 is 1.58 bits per heavy atom. The summed E-state index contributed by atoms with van der Waals surface area (Å²) in [7, 11) is 0. The van der Waals surface area contributed by atoms with Crippen molar-refractivity contribution in [3.05, 3.63) is 60.2 Å². The Morgan fingerprint density at radius 3 is 2.29 bits per heavy atom. The minimum absolute atomic E-state index is 0.0535. The molecule has 2 amide bonds. The van der Waals surface area contributed by atoms with Gasteiger partial charge >= 0.3 is 0 Å². The van der Waals surface area contributed by atoms with Crippen LogP contribution in [0.5, 0.6) is 0 Å². The van der Waals surface area contributed by atoms with E-state index in [0.717, 1.165) is 13.0 Å². The van der Waals surface area contributed by atoms with Gasteiger partial charge < -0.3 is 16.0 Å². The molecule has 24 heavy (non-hydrogen) atoms. The van der Waals surface area contributed by atoms with Crippen LogP contribution in [-0.4, -0.2) is 24.9 Å². The van der Waals surface area contributed by atoms with Gasteiger partial charge in [-0.3, -0.25) is 9.59 Å². The predicted octanol–water partition coefficient (Wildman–Crippen LogP) is 2.81. The Labute approximate surface area is 142 Å². The zero-order valence-corrected chi connectivity index (χ0v) is 13.8. The molecule has 0 spiro atoms. The number of hydrogen-bond acceptors (Lipinski definition) is 3. The van der Waals surface area contributed by atoms with Crippen LogP contribution in [-0.2, 0) is 16.0 Å². The average Bonchev–Trinajstić information content (AvgIpc) is 2.55. The number of carbonyl (C=O) groups excluding carboxylic acids is 2. The van der Waals surface area contributed by atoms with Gasteiger partial charge in [0.1, 0.15) is 0 Å². The molecule has 5 heteroatoms. The maximum absolute atomic E-state index is 11.9. The minimum atomic E-state index is -0.138. The summed E-state index contributed by atoms with van der Waals surface area (Å²) in [5.41, 5.74) is 2.63. The fraction of sp³-hybridized carbons (Fsp3) is 0.263. The van der Waals surface area contributed by atoms with Crippen LogP contribution in [0.2, 0.25) is 0 Å². The van der Waals surface area contributed by atoms with E-state index in [9.17, 15) is 9.59 Å². The van der Waals surface area contributed by atoms with Crippen LogP contribution in [0.4, 0.5) is 11.4 Å². The van der Waals surface area contributed by atoms with Crippen LogP contribution in [0.15, 0.2) is 54.6 Å². The van der Waals surface area contributed by atoms with E-state index in [0.29, 0.717) is 24.3 Å². The third kappa shape index (κ3) is 6.62. The lowest BCUT2D eigenvalue weighted by Crippen LogP contribution is -2.23. The molecule has 0 saturated carbocycles. The molecule has 2 rings (SSSR count). The summed E-state index contributed by atoms with van der Waals surface area (Å²) < 4.78 is 0. The van der Waals surface area contributed by atoms with Gasteiger partial charge in [-0.15, -0.1) is 0 Å². The highest BCUT2D eigenvalue weighted by atomic mass is 16.2. The molecule has 0 heterocycles. The van der Waals surface area contributed by atoms with Crippen molar-refractivity contribution >= 4 is 23.2 Å². The molecule has 0 aliphatic carbocycles. The van der Waals surface area contributed by atoms with E-state index in [1.54, 1.807) is 24.3 Å². The zero-order chi connectivity index (χ0) is 17.2. The van der Waals surface area contributed by atoms with Gasteiger partial charge in [-0.1, -0.05) is 36.4 Å². The molecule has 126 valence electrons. The SMILES string of the molecule is CC(=O)Nc1cccc(NC(=O)CCNCCc2ccccc2)c1. The van der Waals surface area contributed by atoms with E-state index < -0.39 is 0 Å². The summed E-state index contributed by atoms with van der Waals surface area (Å²) in [6.45, 7) is 2.92. The van der Waals surface area contributed by atoms with Crippen molar-refractivity contribution in [2.45, 2.75) is 19.8 Å². The van der Waals surface area contributed by atoms with Gasteiger partial charge in [0.2, 0.25) is 11.8 Å². The fourth-order valence-electron chi connectivity index (χ4n) is 2.31. The molecule has 0 radical (unpaired) electrons. The molecule has 2 aromatic rings. The Balaban J connectivity index is 1.67. The van der Waals surface area contributed by atoms with Crippen LogP contribution in [0, 0.1) is 0 Å². The van der Waals surface area contributed by atoms with E-state index in [-0.39, 0.29) is 11.8 Å². The normalized spacial score (nSPS) is 10.2. The molecule has 0 aromatic heterocycles. The topological polar surface area (TPSA) is 70.2 Å². The molecular weight excluding hydrogens is 302 g/mol. The van der Waals surface area contributed by atoms with Gasteiger partial charge in [-0.2, -0.15) is 0 Å². The van der Waals surface area contributed by atoms with Crippen molar-refractivity contribution in [1.29, 1.82) is 0 Å². The summed E-state index contributed by atoms with van der Waals surface area (Å²) in [6, 6.07) is 17.3. The van der Waals surface area contributed by atoms with E-state index in [1.165, 1.54) is 12.5 Å². The molecule has 0 atom stereocenters. The van der Waals surface area contributed by atoms with Crippen LogP contribution in [0.25, 0.3) is 0 Å². The molecule has 0 fully saturated rings. The van der Waals surface area contributed by atoms with Crippen molar-refractivity contribution in [2.24, 2.45) is 0 Å². The Morgan fingerprint density at radius 1 is 0.875 bits per heavy atom. The van der Waals surface area contributed by atoms with Gasteiger partial charge in [0, 0.05) is 31.3 Å². The maximum atomic E-state index is 11.9. The Kier molecular flexibility index (Phi) is 6.98. The number of hydrogen-bond donors (Lipinski definition) is 3. The standard InChI is InChI=1S/C19H23N3O2/c1-15(23)21-17-8-5-9-18(14-17)22-19(24)11-13-20-12-10-16-6-3-2-4-7-16/h2-9,14,20H,10-13H2,1H3,(H,21,23)(H,22,24). The van der Waals surface area contributed by atoms with Crippen LogP contribution >= 0.6 is 0 Å². The van der Waals surface area contributed by atoms with Gasteiger partial charge in [0.25, 0.3) is 0 Å². The van der Waals surface area contributed by atoms with Crippen LogP contribution in [0.3, 0.4) is 0 Å². The lowest BCUT2D eigenvalue weighted by molar-refractivity contribution is -0.116. The number of rotatable bonds is 8. The first-order valence-corrected chi connectivity index (χ1v) is 8.05. The third-order valence-corrected chi connectivity index (χ3v) is 3.43. The molecule has 2 aromatic carbocycles. The van der Waals surface area contributed by atoms with E-state index in [1.807, 2.05) is 18.2 Å². The number of benzene rings is 2. The quantitative estimate of drug-likeness (QED) is 0.654. The van der Waals surface area contributed by atoms with Gasteiger partial charge in [0.15, 0.2) is 0 Å². The number of anilines is 2. The van der Waals surface area contributed by atoms with E-state index in [2.05, 4.69) is 28.1 Å². The highest BCUT2D eigenvalue weighted by Gasteiger charge is 2.03. The maximum Gasteiger partial charge on any atom is 0.225 e. The molecule has 5 nitrogen and oxygen atoms in total. The smallest absolute Gasteiger partial charge is 0.225 e. The molecule has 3 N–H and O–H groups in total. The molecule has 0 unspecified atom stereocenters. The molecule has 0 aliphatic rings. The van der Waals surface area contributed by atoms with Gasteiger partial charge in [-0.25, -0.2) is 0 Å². The van der Waals surface area contributed by atoms with Crippen molar-refractivity contribution < 1.29 is 9.59 Å². The highest BCUT2D eigenvalue weighted by Crippen LogP contribution is 2.15. The monoisotopic (exact) mass is 325 g/mol. The summed E-state index contributed by atoms with van der Waals surface area (Å²) in [4.78, 5) is 23.0. The van der Waals surface area contributed by atoms with Crippen molar-refractivity contribution in [2.75, 3.05) is 23.7 Å². The van der Waals surface area contributed by atoms with Gasteiger partial charge in [-0.05, 0) is 36.7 Å². The largest absolute Gasteiger partial charge is 0.326 e. The molecule has 0 aliphatic heterocycles. The van der Waals surface area contributed by atoms with Crippen LogP contribution in [0.1, 0.15) is 18.9 Å². The molecular formula is C19H23N3O2. The first-order chi connectivity index (χ1) is 11.6. The summed E-state index contributed by atoms with van der Waals surface area (Å²) in [5, 5.41) is 8.80. The zero-order valence-electron chi connectivity index (χ0n) is 13.8. The lowest BCUT2D eigenvalue weighted by Gasteiger charge is -2.08. The fourth-order valence-corrected chi connectivity index (χ4v) is 2.31. The second kappa shape index (κ2) is 9.47. The Bertz CT molecular complexity index is 671. The number of carbonyl (C=O) groups is 2. The minimum Gasteiger partial charge on any atom is -0.326 e. The Hall–Kier alpha value is -2.66. The van der Waals surface area contributed by atoms with E-state index >= 15 is 0 Å². The van der Waals surface area contributed by atoms with E-state index in [4.69, 9.17) is 0 Å². The second-order valence-corrected chi connectivity index (χ2v) is 5.55. The lowest BCUT2D eigenvalue weighted by atomic mass is 10.1. The molecule has 0 bridgehead atoms. The first-order valence-electron chi connectivity index (χ1n) is 8.05. The van der Waals surface area contributed by atoms with Crippen molar-refractivity contribution in [3.8, 4) is 0 Å². The summed E-state index contributed by atoms with van der Waals surface area (Å²) >= 11 is 0. The van der Waals surface area contributed by atoms with Gasteiger partial charge in [0.05, 0.1) is 0 Å².